The topological polar surface area (TPSA) is 32.3 Å². The maximum atomic E-state index is 13.3. The van der Waals surface area contributed by atoms with Gasteiger partial charge in [-0.15, -0.1) is 0 Å². The minimum Gasteiger partial charge on any atom is -0.392 e. The van der Waals surface area contributed by atoms with Gasteiger partial charge < -0.3 is 10.4 Å². The van der Waals surface area contributed by atoms with Crippen molar-refractivity contribution in [3.05, 3.63) is 29.6 Å². The second-order valence-corrected chi connectivity index (χ2v) is 4.09. The van der Waals surface area contributed by atoms with E-state index in [0.29, 0.717) is 11.6 Å². The number of aliphatic hydroxyl groups is 1. The van der Waals surface area contributed by atoms with E-state index in [-0.39, 0.29) is 12.4 Å². The van der Waals surface area contributed by atoms with Crippen LogP contribution in [0.4, 0.5) is 10.1 Å². The van der Waals surface area contributed by atoms with Gasteiger partial charge >= 0.3 is 0 Å². The van der Waals surface area contributed by atoms with E-state index in [1.54, 1.807) is 6.07 Å². The lowest BCUT2D eigenvalue weighted by atomic mass is 10.2. The Morgan fingerprint density at radius 3 is 2.67 bits per heavy atom. The van der Waals surface area contributed by atoms with Crippen LogP contribution in [0.5, 0.6) is 0 Å². The third-order valence-electron chi connectivity index (χ3n) is 2.95. The lowest BCUT2D eigenvalue weighted by Crippen LogP contribution is -2.14. The van der Waals surface area contributed by atoms with Crippen molar-refractivity contribution in [1.29, 1.82) is 0 Å². The van der Waals surface area contributed by atoms with Crippen LogP contribution in [0.1, 0.15) is 31.2 Å². The van der Waals surface area contributed by atoms with Crippen molar-refractivity contribution in [1.82, 2.24) is 0 Å². The summed E-state index contributed by atoms with van der Waals surface area (Å²) in [6, 6.07) is 5.41. The first kappa shape index (κ1) is 10.4. The molecule has 0 amide bonds. The Kier molecular flexibility index (Phi) is 3.21. The number of benzene rings is 1. The summed E-state index contributed by atoms with van der Waals surface area (Å²) in [6.45, 7) is -0.241. The van der Waals surface area contributed by atoms with Crippen molar-refractivity contribution in [3.8, 4) is 0 Å². The first-order valence-electron chi connectivity index (χ1n) is 5.45. The standard InChI is InChI=1S/C12H16FNO/c13-12-7-11(6-5-9(12)8-15)14-10-3-1-2-4-10/h5-7,10,14-15H,1-4,8H2. The maximum Gasteiger partial charge on any atom is 0.130 e. The Hall–Kier alpha value is -1.09. The Bertz CT molecular complexity index is 334. The molecule has 0 saturated heterocycles. The predicted octanol–water partition coefficient (Wildman–Crippen LogP) is 2.67. The summed E-state index contributed by atoms with van der Waals surface area (Å²) in [5.41, 5.74) is 1.17. The zero-order valence-electron chi connectivity index (χ0n) is 8.67. The van der Waals surface area contributed by atoms with Gasteiger partial charge in [-0.1, -0.05) is 18.9 Å². The van der Waals surface area contributed by atoms with E-state index in [0.717, 1.165) is 5.69 Å². The maximum absolute atomic E-state index is 13.3. The largest absolute Gasteiger partial charge is 0.392 e. The first-order chi connectivity index (χ1) is 7.29. The normalized spacial score (nSPS) is 16.9. The van der Waals surface area contributed by atoms with Crippen LogP contribution in [-0.4, -0.2) is 11.1 Å². The van der Waals surface area contributed by atoms with Crippen molar-refractivity contribution >= 4 is 5.69 Å². The molecule has 1 aromatic rings. The van der Waals surface area contributed by atoms with Gasteiger partial charge in [0.25, 0.3) is 0 Å². The molecule has 0 radical (unpaired) electrons. The van der Waals surface area contributed by atoms with Gasteiger partial charge in [0.2, 0.25) is 0 Å². The van der Waals surface area contributed by atoms with Crippen molar-refractivity contribution in [3.63, 3.8) is 0 Å². The number of halogens is 1. The average Bonchev–Trinajstić information content (AvgIpc) is 2.71. The number of rotatable bonds is 3. The number of anilines is 1. The summed E-state index contributed by atoms with van der Waals surface area (Å²) in [4.78, 5) is 0. The SMILES string of the molecule is OCc1ccc(NC2CCCC2)cc1F. The number of hydrogen-bond acceptors (Lipinski definition) is 2. The predicted molar refractivity (Wildman–Crippen MR) is 58.2 cm³/mol. The van der Waals surface area contributed by atoms with Crippen LogP contribution in [0.3, 0.4) is 0 Å². The van der Waals surface area contributed by atoms with Gasteiger partial charge in [-0.25, -0.2) is 4.39 Å². The van der Waals surface area contributed by atoms with E-state index in [1.165, 1.54) is 31.7 Å². The summed E-state index contributed by atoms with van der Waals surface area (Å²) >= 11 is 0. The van der Waals surface area contributed by atoms with Gasteiger partial charge in [-0.2, -0.15) is 0 Å². The van der Waals surface area contributed by atoms with Crippen LogP contribution in [0.15, 0.2) is 18.2 Å². The van der Waals surface area contributed by atoms with Gasteiger partial charge in [0.15, 0.2) is 0 Å². The molecule has 0 spiro atoms. The van der Waals surface area contributed by atoms with E-state index in [9.17, 15) is 4.39 Å². The van der Waals surface area contributed by atoms with Crippen molar-refractivity contribution in [2.24, 2.45) is 0 Å². The third kappa shape index (κ3) is 2.48. The van der Waals surface area contributed by atoms with Gasteiger partial charge in [-0.3, -0.25) is 0 Å². The zero-order valence-corrected chi connectivity index (χ0v) is 8.67. The minimum atomic E-state index is -0.333. The van der Waals surface area contributed by atoms with Crippen molar-refractivity contribution < 1.29 is 9.50 Å². The molecule has 1 aromatic carbocycles. The molecule has 3 heteroatoms. The van der Waals surface area contributed by atoms with Gasteiger partial charge in [0.1, 0.15) is 5.82 Å². The number of aliphatic hydroxyl groups excluding tert-OH is 1. The summed E-state index contributed by atoms with van der Waals surface area (Å²) in [6.07, 6.45) is 4.86. The molecule has 2 nitrogen and oxygen atoms in total. The Morgan fingerprint density at radius 1 is 1.33 bits per heavy atom. The van der Waals surface area contributed by atoms with Gasteiger partial charge in [0, 0.05) is 17.3 Å². The molecule has 1 aliphatic rings. The molecule has 0 aliphatic heterocycles. The summed E-state index contributed by atoms with van der Waals surface area (Å²) < 4.78 is 13.3. The molecule has 2 N–H and O–H groups in total. The first-order valence-corrected chi connectivity index (χ1v) is 5.45. The summed E-state index contributed by atoms with van der Waals surface area (Å²) in [5, 5.41) is 12.1. The molecule has 1 saturated carbocycles. The van der Waals surface area contributed by atoms with E-state index in [4.69, 9.17) is 5.11 Å². The molecule has 0 heterocycles. The fourth-order valence-corrected chi connectivity index (χ4v) is 2.07. The van der Waals surface area contributed by atoms with E-state index < -0.39 is 0 Å². The highest BCUT2D eigenvalue weighted by Gasteiger charge is 2.14. The van der Waals surface area contributed by atoms with Crippen LogP contribution >= 0.6 is 0 Å². The highest BCUT2D eigenvalue weighted by atomic mass is 19.1. The summed E-state index contributed by atoms with van der Waals surface area (Å²) in [5.74, 6) is -0.333. The molecule has 0 aromatic heterocycles. The van der Waals surface area contributed by atoms with E-state index >= 15 is 0 Å². The van der Waals surface area contributed by atoms with Crippen LogP contribution in [0.25, 0.3) is 0 Å². The fourth-order valence-electron chi connectivity index (χ4n) is 2.07. The molecule has 1 fully saturated rings. The Morgan fingerprint density at radius 2 is 2.07 bits per heavy atom. The lowest BCUT2D eigenvalue weighted by molar-refractivity contribution is 0.276. The Balaban J connectivity index is 2.05. The molecule has 0 bridgehead atoms. The third-order valence-corrected chi connectivity index (χ3v) is 2.95. The van der Waals surface area contributed by atoms with Crippen LogP contribution in [0, 0.1) is 5.82 Å². The number of nitrogens with one attached hydrogen (secondary N) is 1. The lowest BCUT2D eigenvalue weighted by Gasteiger charge is -2.13. The smallest absolute Gasteiger partial charge is 0.130 e. The molecular formula is C12H16FNO. The zero-order chi connectivity index (χ0) is 10.7. The Labute approximate surface area is 89.1 Å². The average molecular weight is 209 g/mol. The highest BCUT2D eigenvalue weighted by molar-refractivity contribution is 5.46. The molecule has 82 valence electrons. The second kappa shape index (κ2) is 4.62. The molecule has 15 heavy (non-hydrogen) atoms. The molecule has 2 rings (SSSR count). The van der Waals surface area contributed by atoms with Crippen molar-refractivity contribution in [2.45, 2.75) is 38.3 Å². The van der Waals surface area contributed by atoms with Gasteiger partial charge in [0.05, 0.1) is 6.61 Å². The van der Waals surface area contributed by atoms with Crippen LogP contribution < -0.4 is 5.32 Å². The minimum absolute atomic E-state index is 0.241. The van der Waals surface area contributed by atoms with Crippen molar-refractivity contribution in [2.75, 3.05) is 5.32 Å². The van der Waals surface area contributed by atoms with Gasteiger partial charge in [-0.05, 0) is 25.0 Å². The highest BCUT2D eigenvalue weighted by Crippen LogP contribution is 2.23. The second-order valence-electron chi connectivity index (χ2n) is 4.09. The van der Waals surface area contributed by atoms with E-state index in [2.05, 4.69) is 5.32 Å². The van der Waals surface area contributed by atoms with E-state index in [1.807, 2.05) is 6.07 Å². The van der Waals surface area contributed by atoms with Crippen LogP contribution in [-0.2, 0) is 6.61 Å². The fraction of sp³-hybridized carbons (Fsp3) is 0.500. The molecular weight excluding hydrogens is 193 g/mol. The monoisotopic (exact) mass is 209 g/mol. The summed E-state index contributed by atoms with van der Waals surface area (Å²) in [7, 11) is 0. The molecule has 0 atom stereocenters. The molecule has 1 aliphatic carbocycles. The van der Waals surface area contributed by atoms with Crippen LogP contribution in [0.2, 0.25) is 0 Å². The molecule has 0 unspecified atom stereocenters. The quantitative estimate of drug-likeness (QED) is 0.802. The number of hydrogen-bond donors (Lipinski definition) is 2.